The third-order valence-electron chi connectivity index (χ3n) is 4.36. The number of ether oxygens (including phenoxy) is 1. The molecule has 0 aliphatic rings. The summed E-state index contributed by atoms with van der Waals surface area (Å²) in [6.07, 6.45) is 3.79. The Labute approximate surface area is 122 Å². The van der Waals surface area contributed by atoms with Gasteiger partial charge < -0.3 is 9.30 Å². The highest BCUT2D eigenvalue weighted by atomic mass is 16.5. The summed E-state index contributed by atoms with van der Waals surface area (Å²) in [4.78, 5) is 4.25. The fourth-order valence-corrected chi connectivity index (χ4v) is 3.32. The van der Waals surface area contributed by atoms with Crippen molar-refractivity contribution in [1.29, 1.82) is 0 Å². The molecule has 0 aliphatic carbocycles. The number of aromatic nitrogens is 2. The highest BCUT2D eigenvalue weighted by Gasteiger charge is 2.13. The average molecular weight is 276 g/mol. The monoisotopic (exact) mass is 276 g/mol. The Balaban J connectivity index is 2.28. The van der Waals surface area contributed by atoms with Crippen molar-refractivity contribution >= 4 is 32.6 Å². The number of nitrogens with zero attached hydrogens (tertiary/aromatic N) is 2. The summed E-state index contributed by atoms with van der Waals surface area (Å²) in [5.41, 5.74) is 3.79. The van der Waals surface area contributed by atoms with Gasteiger partial charge in [0.25, 0.3) is 0 Å². The highest BCUT2D eigenvalue weighted by Crippen LogP contribution is 2.35. The summed E-state index contributed by atoms with van der Waals surface area (Å²) < 4.78 is 7.64. The van der Waals surface area contributed by atoms with E-state index in [1.54, 1.807) is 7.11 Å². The van der Waals surface area contributed by atoms with Crippen LogP contribution in [0.5, 0.6) is 5.75 Å². The largest absolute Gasteiger partial charge is 0.497 e. The molecule has 4 aromatic rings. The molecule has 4 rings (SSSR count). The van der Waals surface area contributed by atoms with Gasteiger partial charge >= 0.3 is 0 Å². The van der Waals surface area contributed by atoms with Crippen LogP contribution in [0.4, 0.5) is 0 Å². The number of hydrogen-bond donors (Lipinski definition) is 0. The minimum atomic E-state index is 0.888. The molecule has 2 aromatic heterocycles. The maximum Gasteiger partial charge on any atom is 0.119 e. The van der Waals surface area contributed by atoms with E-state index in [0.29, 0.717) is 0 Å². The van der Waals surface area contributed by atoms with Crippen LogP contribution in [0.2, 0.25) is 0 Å². The van der Waals surface area contributed by atoms with E-state index in [0.717, 1.165) is 5.75 Å². The fraction of sp³-hybridized carbons (Fsp3) is 0.167. The molecular weight excluding hydrogens is 260 g/mol. The number of pyridine rings is 1. The summed E-state index contributed by atoms with van der Waals surface area (Å²) in [5, 5.41) is 4.92. The summed E-state index contributed by atoms with van der Waals surface area (Å²) in [5.74, 6) is 0.888. The molecule has 2 aromatic carbocycles. The Kier molecular flexibility index (Phi) is 2.45. The van der Waals surface area contributed by atoms with Crippen LogP contribution in [0, 0.1) is 6.92 Å². The lowest BCUT2D eigenvalue weighted by Gasteiger charge is -2.06. The van der Waals surface area contributed by atoms with E-state index < -0.39 is 0 Å². The number of hydrogen-bond acceptors (Lipinski definition) is 2. The van der Waals surface area contributed by atoms with Gasteiger partial charge in [0.05, 0.1) is 12.6 Å². The van der Waals surface area contributed by atoms with Crippen LogP contribution in [0.1, 0.15) is 5.56 Å². The zero-order valence-electron chi connectivity index (χ0n) is 12.3. The lowest BCUT2D eigenvalue weighted by molar-refractivity contribution is 0.415. The molecule has 2 heterocycles. The number of benzene rings is 2. The summed E-state index contributed by atoms with van der Waals surface area (Å²) in [7, 11) is 3.83. The lowest BCUT2D eigenvalue weighted by Crippen LogP contribution is -1.90. The van der Waals surface area contributed by atoms with Crippen molar-refractivity contribution in [2.24, 2.45) is 7.05 Å². The molecule has 21 heavy (non-hydrogen) atoms. The van der Waals surface area contributed by atoms with Crippen molar-refractivity contribution in [3.8, 4) is 5.75 Å². The van der Waals surface area contributed by atoms with Gasteiger partial charge in [0, 0.05) is 41.1 Å². The molecule has 3 heteroatoms. The Bertz CT molecular complexity index is 999. The summed E-state index contributed by atoms with van der Waals surface area (Å²) >= 11 is 0. The van der Waals surface area contributed by atoms with Crippen molar-refractivity contribution < 1.29 is 4.74 Å². The molecule has 0 saturated heterocycles. The summed E-state index contributed by atoms with van der Waals surface area (Å²) in [6.45, 7) is 2.18. The van der Waals surface area contributed by atoms with Gasteiger partial charge in [-0.1, -0.05) is 0 Å². The molecule has 0 saturated carbocycles. The predicted molar refractivity (Wildman–Crippen MR) is 87.0 cm³/mol. The molecule has 0 spiro atoms. The lowest BCUT2D eigenvalue weighted by atomic mass is 10.0. The molecule has 0 radical (unpaired) electrons. The molecule has 0 amide bonds. The van der Waals surface area contributed by atoms with Crippen molar-refractivity contribution in [2.75, 3.05) is 7.11 Å². The second kappa shape index (κ2) is 4.22. The van der Waals surface area contributed by atoms with Crippen LogP contribution in [0.3, 0.4) is 0 Å². The molecular formula is C18H16N2O. The molecule has 0 bridgehead atoms. The van der Waals surface area contributed by atoms with Crippen molar-refractivity contribution in [2.45, 2.75) is 6.92 Å². The second-order valence-corrected chi connectivity index (χ2v) is 5.44. The van der Waals surface area contributed by atoms with Gasteiger partial charge in [0.1, 0.15) is 5.75 Å². The van der Waals surface area contributed by atoms with Gasteiger partial charge in [-0.15, -0.1) is 0 Å². The first-order valence-corrected chi connectivity index (χ1v) is 7.00. The Morgan fingerprint density at radius 2 is 1.90 bits per heavy atom. The Morgan fingerprint density at radius 3 is 2.71 bits per heavy atom. The third-order valence-corrected chi connectivity index (χ3v) is 4.36. The van der Waals surface area contributed by atoms with Crippen LogP contribution < -0.4 is 4.74 Å². The van der Waals surface area contributed by atoms with E-state index >= 15 is 0 Å². The number of rotatable bonds is 1. The Morgan fingerprint density at radius 1 is 1.05 bits per heavy atom. The molecule has 0 fully saturated rings. The zero-order valence-corrected chi connectivity index (χ0v) is 12.3. The predicted octanol–water partition coefficient (Wildman–Crippen LogP) is 4.20. The van der Waals surface area contributed by atoms with E-state index in [-0.39, 0.29) is 0 Å². The first-order valence-electron chi connectivity index (χ1n) is 7.00. The molecule has 104 valence electrons. The van der Waals surface area contributed by atoms with Crippen LogP contribution in [-0.4, -0.2) is 16.7 Å². The Hall–Kier alpha value is -2.55. The van der Waals surface area contributed by atoms with E-state index in [2.05, 4.69) is 47.8 Å². The molecule has 0 atom stereocenters. The normalized spacial score (nSPS) is 11.6. The van der Waals surface area contributed by atoms with E-state index in [9.17, 15) is 0 Å². The number of fused-ring (bicyclic) bond motifs is 4. The van der Waals surface area contributed by atoms with E-state index in [1.165, 1.54) is 38.1 Å². The van der Waals surface area contributed by atoms with Gasteiger partial charge in [0.15, 0.2) is 0 Å². The van der Waals surface area contributed by atoms with Crippen LogP contribution >= 0.6 is 0 Å². The smallest absolute Gasteiger partial charge is 0.119 e. The molecule has 0 N–H and O–H groups in total. The topological polar surface area (TPSA) is 27.1 Å². The van der Waals surface area contributed by atoms with Crippen LogP contribution in [-0.2, 0) is 7.05 Å². The van der Waals surface area contributed by atoms with Crippen LogP contribution in [0.15, 0.2) is 42.7 Å². The maximum atomic E-state index is 5.38. The van der Waals surface area contributed by atoms with E-state index in [1.807, 2.05) is 18.5 Å². The second-order valence-electron chi connectivity index (χ2n) is 5.44. The van der Waals surface area contributed by atoms with E-state index in [4.69, 9.17) is 4.74 Å². The van der Waals surface area contributed by atoms with Gasteiger partial charge in [-0.2, -0.15) is 0 Å². The number of aryl methyl sites for hydroxylation is 2. The van der Waals surface area contributed by atoms with Gasteiger partial charge in [-0.3, -0.25) is 4.98 Å². The zero-order chi connectivity index (χ0) is 14.6. The fourth-order valence-electron chi connectivity index (χ4n) is 3.32. The standard InChI is InChI=1S/C18H16N2O/c1-11-14-6-7-19-10-12(14)8-16-15-9-13(21-3)4-5-17(15)20(2)18(11)16/h4-10H,1-3H3. The van der Waals surface area contributed by atoms with Crippen molar-refractivity contribution in [1.82, 2.24) is 9.55 Å². The summed E-state index contributed by atoms with van der Waals surface area (Å²) in [6, 6.07) is 10.6. The minimum Gasteiger partial charge on any atom is -0.497 e. The first kappa shape index (κ1) is 12.2. The molecule has 3 nitrogen and oxygen atoms in total. The number of methoxy groups -OCH3 is 1. The minimum absolute atomic E-state index is 0.888. The SMILES string of the molecule is COc1ccc2c(c1)c1cc3cnccc3c(C)c1n2C. The maximum absolute atomic E-state index is 5.38. The van der Waals surface area contributed by atoms with Gasteiger partial charge in [-0.25, -0.2) is 0 Å². The molecule has 0 aliphatic heterocycles. The van der Waals surface area contributed by atoms with Gasteiger partial charge in [-0.05, 0) is 48.2 Å². The third kappa shape index (κ3) is 1.57. The van der Waals surface area contributed by atoms with Crippen molar-refractivity contribution in [3.63, 3.8) is 0 Å². The highest BCUT2D eigenvalue weighted by molar-refractivity contribution is 6.14. The van der Waals surface area contributed by atoms with Crippen molar-refractivity contribution in [3.05, 3.63) is 48.3 Å². The van der Waals surface area contributed by atoms with Gasteiger partial charge in [0.2, 0.25) is 0 Å². The molecule has 0 unspecified atom stereocenters. The average Bonchev–Trinajstić information content (AvgIpc) is 2.80. The van der Waals surface area contributed by atoms with Crippen LogP contribution in [0.25, 0.3) is 32.6 Å². The first-order chi connectivity index (χ1) is 10.2. The quantitative estimate of drug-likeness (QED) is 0.521.